The highest BCUT2D eigenvalue weighted by molar-refractivity contribution is 6.00. The predicted octanol–water partition coefficient (Wildman–Crippen LogP) is 4.42. The van der Waals surface area contributed by atoms with E-state index in [2.05, 4.69) is 25.6 Å². The van der Waals surface area contributed by atoms with Gasteiger partial charge in [-0.25, -0.2) is 14.8 Å². The maximum atomic E-state index is 13.6. The number of amides is 2. The molecule has 0 aliphatic rings. The molecule has 5 rings (SSSR count). The van der Waals surface area contributed by atoms with Crippen LogP contribution in [0.3, 0.4) is 0 Å². The number of fused-ring (bicyclic) bond motifs is 1. The van der Waals surface area contributed by atoms with Crippen LogP contribution < -0.4 is 20.9 Å². The highest BCUT2D eigenvalue weighted by Gasteiger charge is 2.15. The summed E-state index contributed by atoms with van der Waals surface area (Å²) in [6, 6.07) is 21.0. The van der Waals surface area contributed by atoms with Crippen molar-refractivity contribution < 1.29 is 9.53 Å². The van der Waals surface area contributed by atoms with Gasteiger partial charge >= 0.3 is 6.03 Å². The lowest BCUT2D eigenvalue weighted by atomic mass is 10.1. The normalized spacial score (nSPS) is 10.7. The summed E-state index contributed by atoms with van der Waals surface area (Å²) in [6.45, 7) is 0. The summed E-state index contributed by atoms with van der Waals surface area (Å²) in [5.74, 6) is 0.545. The minimum absolute atomic E-state index is 0.291. The van der Waals surface area contributed by atoms with E-state index in [0.29, 0.717) is 46.1 Å². The van der Waals surface area contributed by atoms with Crippen molar-refractivity contribution in [3.8, 4) is 11.4 Å². The van der Waals surface area contributed by atoms with Gasteiger partial charge in [0, 0.05) is 30.7 Å². The van der Waals surface area contributed by atoms with E-state index in [1.54, 1.807) is 67.1 Å². The number of rotatable bonds is 6. The van der Waals surface area contributed by atoms with Crippen LogP contribution in [0.5, 0.6) is 5.75 Å². The quantitative estimate of drug-likeness (QED) is 0.374. The van der Waals surface area contributed by atoms with E-state index in [9.17, 15) is 9.59 Å². The fourth-order valence-electron chi connectivity index (χ4n) is 3.87. The third-order valence-corrected chi connectivity index (χ3v) is 5.50. The lowest BCUT2D eigenvalue weighted by molar-refractivity contribution is 0.262. The molecule has 0 aliphatic heterocycles. The number of urea groups is 1. The molecule has 0 saturated heterocycles. The summed E-state index contributed by atoms with van der Waals surface area (Å²) in [5.41, 5.74) is 3.55. The molecule has 0 spiro atoms. The molecule has 0 unspecified atom stereocenters. The molecule has 3 aromatic heterocycles. The second-order valence-corrected chi connectivity index (χ2v) is 7.91. The molecule has 2 amide bonds. The number of pyridine rings is 2. The molecule has 0 radical (unpaired) electrons. The van der Waals surface area contributed by atoms with Crippen molar-refractivity contribution in [1.82, 2.24) is 19.5 Å². The molecule has 2 N–H and O–H groups in total. The van der Waals surface area contributed by atoms with Gasteiger partial charge in [0.2, 0.25) is 0 Å². The number of anilines is 2. The summed E-state index contributed by atoms with van der Waals surface area (Å²) >= 11 is 0. The standard InChI is InChI=1S/C27H22N6O3/c1-36-24-12-3-2-10-21(24)32-27(35)30-19-8-4-9-20(16-19)33-25-22(11-6-14-29-25)31-23(26(33)34)15-18-7-5-13-28-17-18/h2-14,16-17H,15H2,1H3,(H2,30,32,35). The number of hydrogen-bond acceptors (Lipinski definition) is 6. The van der Waals surface area contributed by atoms with Gasteiger partial charge in [0.1, 0.15) is 17.0 Å². The number of carbonyl (C=O) groups excluding carboxylic acids is 1. The fourth-order valence-corrected chi connectivity index (χ4v) is 3.87. The zero-order chi connectivity index (χ0) is 24.9. The molecule has 0 aliphatic carbocycles. The number of nitrogens with zero attached hydrogens (tertiary/aromatic N) is 4. The molecule has 5 aromatic rings. The molecule has 2 aromatic carbocycles. The molecule has 36 heavy (non-hydrogen) atoms. The molecule has 0 fully saturated rings. The van der Waals surface area contributed by atoms with Crippen LogP contribution in [-0.2, 0) is 6.42 Å². The van der Waals surface area contributed by atoms with E-state index in [-0.39, 0.29) is 5.56 Å². The Morgan fingerprint density at radius 2 is 1.83 bits per heavy atom. The van der Waals surface area contributed by atoms with Gasteiger partial charge < -0.3 is 15.4 Å². The van der Waals surface area contributed by atoms with Crippen molar-refractivity contribution in [3.63, 3.8) is 0 Å². The number of nitrogens with one attached hydrogen (secondary N) is 2. The van der Waals surface area contributed by atoms with E-state index in [1.807, 2.05) is 24.3 Å². The molecule has 0 bridgehead atoms. The van der Waals surface area contributed by atoms with Crippen LogP contribution in [0.25, 0.3) is 16.9 Å². The number of para-hydroxylation sites is 2. The molecular formula is C27H22N6O3. The summed E-state index contributed by atoms with van der Waals surface area (Å²) < 4.78 is 6.80. The zero-order valence-electron chi connectivity index (χ0n) is 19.4. The number of ether oxygens (including phenoxy) is 1. The van der Waals surface area contributed by atoms with Gasteiger partial charge in [-0.1, -0.05) is 24.3 Å². The molecule has 9 heteroatoms. The first-order valence-corrected chi connectivity index (χ1v) is 11.2. The van der Waals surface area contributed by atoms with Crippen molar-refractivity contribution >= 4 is 28.6 Å². The second-order valence-electron chi connectivity index (χ2n) is 7.91. The summed E-state index contributed by atoms with van der Waals surface area (Å²) in [6.07, 6.45) is 5.34. The van der Waals surface area contributed by atoms with Crippen molar-refractivity contribution in [3.05, 3.63) is 113 Å². The van der Waals surface area contributed by atoms with Crippen LogP contribution >= 0.6 is 0 Å². The van der Waals surface area contributed by atoms with Crippen molar-refractivity contribution in [2.45, 2.75) is 6.42 Å². The Bertz CT molecular complexity index is 1600. The van der Waals surface area contributed by atoms with Gasteiger partial charge in [0.25, 0.3) is 5.56 Å². The van der Waals surface area contributed by atoms with Crippen LogP contribution in [0.15, 0.2) is 96.2 Å². The smallest absolute Gasteiger partial charge is 0.323 e. The molecule has 3 heterocycles. The van der Waals surface area contributed by atoms with Gasteiger partial charge in [-0.05, 0) is 54.1 Å². The molecule has 9 nitrogen and oxygen atoms in total. The summed E-state index contributed by atoms with van der Waals surface area (Å²) in [7, 11) is 1.54. The van der Waals surface area contributed by atoms with Crippen LogP contribution in [0.2, 0.25) is 0 Å². The number of carbonyl (C=O) groups is 1. The first kappa shape index (κ1) is 22.7. The van der Waals surface area contributed by atoms with Gasteiger partial charge in [-0.2, -0.15) is 0 Å². The number of benzene rings is 2. The largest absolute Gasteiger partial charge is 0.495 e. The van der Waals surface area contributed by atoms with E-state index >= 15 is 0 Å². The van der Waals surface area contributed by atoms with Crippen molar-refractivity contribution in [2.24, 2.45) is 0 Å². The highest BCUT2D eigenvalue weighted by Crippen LogP contribution is 2.24. The van der Waals surface area contributed by atoms with Crippen LogP contribution in [-0.4, -0.2) is 32.7 Å². The highest BCUT2D eigenvalue weighted by atomic mass is 16.5. The van der Waals surface area contributed by atoms with Crippen LogP contribution in [0.4, 0.5) is 16.2 Å². The fraction of sp³-hybridized carbons (Fsp3) is 0.0741. The topological polar surface area (TPSA) is 111 Å². The Balaban J connectivity index is 1.49. The summed E-state index contributed by atoms with van der Waals surface area (Å²) in [5, 5.41) is 5.58. The average Bonchev–Trinajstić information content (AvgIpc) is 2.90. The van der Waals surface area contributed by atoms with Crippen LogP contribution in [0, 0.1) is 0 Å². The minimum atomic E-state index is -0.445. The minimum Gasteiger partial charge on any atom is -0.495 e. The first-order valence-electron chi connectivity index (χ1n) is 11.2. The Labute approximate surface area is 206 Å². The van der Waals surface area contributed by atoms with E-state index in [0.717, 1.165) is 5.56 Å². The lowest BCUT2D eigenvalue weighted by Gasteiger charge is -2.14. The Morgan fingerprint density at radius 3 is 2.67 bits per heavy atom. The van der Waals surface area contributed by atoms with E-state index in [1.165, 1.54) is 11.7 Å². The number of methoxy groups -OCH3 is 1. The lowest BCUT2D eigenvalue weighted by Crippen LogP contribution is -2.26. The van der Waals surface area contributed by atoms with E-state index < -0.39 is 6.03 Å². The first-order chi connectivity index (χ1) is 17.6. The average molecular weight is 479 g/mol. The number of hydrogen-bond donors (Lipinski definition) is 2. The molecule has 0 atom stereocenters. The Hall–Kier alpha value is -5.05. The van der Waals surface area contributed by atoms with Gasteiger partial charge in [0.15, 0.2) is 5.65 Å². The van der Waals surface area contributed by atoms with Crippen molar-refractivity contribution in [1.29, 1.82) is 0 Å². The zero-order valence-corrected chi connectivity index (χ0v) is 19.4. The Morgan fingerprint density at radius 1 is 0.972 bits per heavy atom. The molecule has 0 saturated carbocycles. The molecule has 178 valence electrons. The summed E-state index contributed by atoms with van der Waals surface area (Å²) in [4.78, 5) is 39.3. The maximum Gasteiger partial charge on any atom is 0.323 e. The van der Waals surface area contributed by atoms with Gasteiger partial charge in [0.05, 0.1) is 18.5 Å². The third kappa shape index (κ3) is 4.76. The van der Waals surface area contributed by atoms with Gasteiger partial charge in [-0.3, -0.25) is 14.3 Å². The van der Waals surface area contributed by atoms with Crippen molar-refractivity contribution in [2.75, 3.05) is 17.7 Å². The third-order valence-electron chi connectivity index (χ3n) is 5.50. The predicted molar refractivity (Wildman–Crippen MR) is 138 cm³/mol. The van der Waals surface area contributed by atoms with Crippen LogP contribution in [0.1, 0.15) is 11.3 Å². The van der Waals surface area contributed by atoms with E-state index in [4.69, 9.17) is 4.74 Å². The monoisotopic (exact) mass is 478 g/mol. The number of aromatic nitrogens is 4. The van der Waals surface area contributed by atoms with Gasteiger partial charge in [-0.15, -0.1) is 0 Å². The Kier molecular flexibility index (Phi) is 6.35. The second kappa shape index (κ2) is 10.1. The molecular weight excluding hydrogens is 456 g/mol. The SMILES string of the molecule is COc1ccccc1NC(=O)Nc1cccc(-n2c(=O)c(Cc3cccnc3)nc3cccnc32)c1. The maximum absolute atomic E-state index is 13.6.